The highest BCUT2D eigenvalue weighted by molar-refractivity contribution is 14.0. The normalized spacial score (nSPS) is 16.9. The van der Waals surface area contributed by atoms with E-state index in [1.54, 1.807) is 14.2 Å². The molecule has 1 N–H and O–H groups in total. The number of benzene rings is 1. The van der Waals surface area contributed by atoms with Gasteiger partial charge in [0, 0.05) is 45.8 Å². The predicted molar refractivity (Wildman–Crippen MR) is 121 cm³/mol. The molecule has 0 aliphatic carbocycles. The molecule has 1 aromatic carbocycles. The Morgan fingerprint density at radius 1 is 1.19 bits per heavy atom. The lowest BCUT2D eigenvalue weighted by Crippen LogP contribution is -2.40. The molecule has 27 heavy (non-hydrogen) atoms. The highest BCUT2D eigenvalue weighted by atomic mass is 127. The van der Waals surface area contributed by atoms with Crippen molar-refractivity contribution in [3.63, 3.8) is 0 Å². The number of ether oxygens (including phenoxy) is 3. The minimum absolute atomic E-state index is 0. The highest BCUT2D eigenvalue weighted by Crippen LogP contribution is 2.28. The Kier molecular flexibility index (Phi) is 12.4. The molecule has 0 amide bonds. The summed E-state index contributed by atoms with van der Waals surface area (Å²) < 4.78 is 15.7. The van der Waals surface area contributed by atoms with Gasteiger partial charge in [0.15, 0.2) is 5.96 Å². The number of hydrogen-bond acceptors (Lipinski definition) is 4. The molecule has 6 nitrogen and oxygen atoms in total. The van der Waals surface area contributed by atoms with Gasteiger partial charge >= 0.3 is 0 Å². The van der Waals surface area contributed by atoms with Crippen LogP contribution in [-0.4, -0.2) is 71.1 Å². The number of rotatable bonds is 10. The van der Waals surface area contributed by atoms with Gasteiger partial charge in [-0.05, 0) is 37.5 Å². The van der Waals surface area contributed by atoms with E-state index in [4.69, 9.17) is 19.2 Å². The summed E-state index contributed by atoms with van der Waals surface area (Å²) in [6.07, 6.45) is 2.07. The van der Waals surface area contributed by atoms with Gasteiger partial charge in [-0.2, -0.15) is 0 Å². The summed E-state index contributed by atoms with van der Waals surface area (Å²) in [6.45, 7) is 7.82. The number of methoxy groups -OCH3 is 2. The van der Waals surface area contributed by atoms with Gasteiger partial charge in [-0.25, -0.2) is 0 Å². The molecular formula is C20H34IN3O3. The van der Waals surface area contributed by atoms with Crippen molar-refractivity contribution in [1.82, 2.24) is 10.2 Å². The van der Waals surface area contributed by atoms with E-state index in [-0.39, 0.29) is 24.0 Å². The van der Waals surface area contributed by atoms with Crippen LogP contribution in [0.2, 0.25) is 0 Å². The van der Waals surface area contributed by atoms with Gasteiger partial charge in [-0.1, -0.05) is 12.1 Å². The van der Waals surface area contributed by atoms with Gasteiger partial charge in [-0.3, -0.25) is 4.99 Å². The average Bonchev–Trinajstić information content (AvgIpc) is 3.16. The van der Waals surface area contributed by atoms with E-state index < -0.39 is 0 Å². The van der Waals surface area contributed by atoms with E-state index in [0.717, 1.165) is 57.3 Å². The fraction of sp³-hybridized carbons (Fsp3) is 0.650. The summed E-state index contributed by atoms with van der Waals surface area (Å²) in [5.74, 6) is 2.47. The molecule has 1 saturated heterocycles. The second kappa shape index (κ2) is 14.0. The molecule has 1 aliphatic rings. The zero-order valence-corrected chi connectivity index (χ0v) is 19.1. The van der Waals surface area contributed by atoms with Crippen LogP contribution in [0.5, 0.6) is 5.75 Å². The number of nitrogens with zero attached hydrogens (tertiary/aromatic N) is 2. The molecule has 1 fully saturated rings. The first-order valence-electron chi connectivity index (χ1n) is 9.52. The molecule has 1 heterocycles. The number of hydrogen-bond donors (Lipinski definition) is 1. The monoisotopic (exact) mass is 491 g/mol. The predicted octanol–water partition coefficient (Wildman–Crippen LogP) is 3.12. The largest absolute Gasteiger partial charge is 0.497 e. The molecular weight excluding hydrogens is 457 g/mol. The third-order valence-electron chi connectivity index (χ3n) is 4.55. The van der Waals surface area contributed by atoms with Gasteiger partial charge in [0.25, 0.3) is 0 Å². The molecule has 7 heteroatoms. The van der Waals surface area contributed by atoms with Crippen LogP contribution in [0.1, 0.15) is 31.2 Å². The van der Waals surface area contributed by atoms with Crippen LogP contribution in [0.15, 0.2) is 29.3 Å². The molecule has 0 radical (unpaired) electrons. The lowest BCUT2D eigenvalue weighted by molar-refractivity contribution is 0.0702. The van der Waals surface area contributed by atoms with E-state index >= 15 is 0 Å². The molecule has 154 valence electrons. The van der Waals surface area contributed by atoms with Crippen molar-refractivity contribution in [3.8, 4) is 5.75 Å². The number of likely N-dealkylation sites (tertiary alicyclic amines) is 1. The summed E-state index contributed by atoms with van der Waals surface area (Å²) in [4.78, 5) is 7.13. The number of aliphatic imine (C=N–C) groups is 1. The molecule has 1 atom stereocenters. The van der Waals surface area contributed by atoms with Crippen molar-refractivity contribution in [2.75, 3.05) is 60.2 Å². The standard InChI is InChI=1S/C20H33N3O3.HI/c1-4-21-20(22-11-5-13-26-15-14-24-2)23-12-10-18(16-23)17-6-8-19(25-3)9-7-17;/h6-9,18H,4-5,10-16H2,1-3H3,(H,21,22);1H. The third kappa shape index (κ3) is 8.23. The Labute approximate surface area is 180 Å². The summed E-state index contributed by atoms with van der Waals surface area (Å²) in [5.41, 5.74) is 1.37. The van der Waals surface area contributed by atoms with Crippen LogP contribution in [0, 0.1) is 0 Å². The van der Waals surface area contributed by atoms with Crippen LogP contribution < -0.4 is 10.1 Å². The van der Waals surface area contributed by atoms with E-state index in [9.17, 15) is 0 Å². The Bertz CT molecular complexity index is 540. The van der Waals surface area contributed by atoms with Crippen LogP contribution in [-0.2, 0) is 9.47 Å². The summed E-state index contributed by atoms with van der Waals surface area (Å²) >= 11 is 0. The minimum atomic E-state index is 0. The van der Waals surface area contributed by atoms with Gasteiger partial charge < -0.3 is 24.4 Å². The Morgan fingerprint density at radius 3 is 2.63 bits per heavy atom. The lowest BCUT2D eigenvalue weighted by atomic mass is 9.98. The fourth-order valence-electron chi connectivity index (χ4n) is 3.12. The Hall–Kier alpha value is -1.06. The maximum Gasteiger partial charge on any atom is 0.193 e. The quantitative estimate of drug-likeness (QED) is 0.236. The van der Waals surface area contributed by atoms with Crippen molar-refractivity contribution < 1.29 is 14.2 Å². The Morgan fingerprint density at radius 2 is 1.96 bits per heavy atom. The zero-order chi connectivity index (χ0) is 18.6. The van der Waals surface area contributed by atoms with Crippen molar-refractivity contribution in [1.29, 1.82) is 0 Å². The van der Waals surface area contributed by atoms with Gasteiger partial charge in [0.1, 0.15) is 5.75 Å². The first kappa shape index (κ1) is 24.0. The van der Waals surface area contributed by atoms with Crippen molar-refractivity contribution in [3.05, 3.63) is 29.8 Å². The summed E-state index contributed by atoms with van der Waals surface area (Å²) in [5, 5.41) is 3.42. The molecule has 0 saturated carbocycles. The second-order valence-corrected chi connectivity index (χ2v) is 6.40. The molecule has 0 aromatic heterocycles. The summed E-state index contributed by atoms with van der Waals surface area (Å²) in [7, 11) is 3.39. The third-order valence-corrected chi connectivity index (χ3v) is 4.55. The topological polar surface area (TPSA) is 55.3 Å². The summed E-state index contributed by atoms with van der Waals surface area (Å²) in [6, 6.07) is 8.44. The molecule has 1 unspecified atom stereocenters. The molecule has 0 spiro atoms. The van der Waals surface area contributed by atoms with E-state index in [0.29, 0.717) is 19.1 Å². The van der Waals surface area contributed by atoms with Crippen LogP contribution in [0.3, 0.4) is 0 Å². The van der Waals surface area contributed by atoms with Crippen molar-refractivity contribution in [2.24, 2.45) is 4.99 Å². The average molecular weight is 491 g/mol. The molecule has 2 rings (SSSR count). The molecule has 0 bridgehead atoms. The maximum atomic E-state index is 5.50. The van der Waals surface area contributed by atoms with Crippen LogP contribution in [0.4, 0.5) is 0 Å². The van der Waals surface area contributed by atoms with Crippen molar-refractivity contribution >= 4 is 29.9 Å². The van der Waals surface area contributed by atoms with E-state index in [1.807, 2.05) is 12.1 Å². The smallest absolute Gasteiger partial charge is 0.193 e. The van der Waals surface area contributed by atoms with E-state index in [1.165, 1.54) is 5.56 Å². The first-order valence-corrected chi connectivity index (χ1v) is 9.52. The molecule has 1 aliphatic heterocycles. The lowest BCUT2D eigenvalue weighted by Gasteiger charge is -2.22. The van der Waals surface area contributed by atoms with Gasteiger partial charge in [0.2, 0.25) is 0 Å². The van der Waals surface area contributed by atoms with E-state index in [2.05, 4.69) is 29.3 Å². The molecule has 1 aromatic rings. The SMILES string of the molecule is CCNC(=NCCCOCCOC)N1CCC(c2ccc(OC)cc2)C1.I. The van der Waals surface area contributed by atoms with Gasteiger partial charge in [-0.15, -0.1) is 24.0 Å². The Balaban J connectivity index is 0.00000364. The number of guanidine groups is 1. The van der Waals surface area contributed by atoms with Crippen molar-refractivity contribution in [2.45, 2.75) is 25.7 Å². The number of nitrogens with one attached hydrogen (secondary N) is 1. The van der Waals surface area contributed by atoms with Gasteiger partial charge in [0.05, 0.1) is 20.3 Å². The van der Waals surface area contributed by atoms with Crippen LogP contribution in [0.25, 0.3) is 0 Å². The van der Waals surface area contributed by atoms with Crippen LogP contribution >= 0.6 is 24.0 Å². The zero-order valence-electron chi connectivity index (χ0n) is 16.8. The maximum absolute atomic E-state index is 5.50. The first-order chi connectivity index (χ1) is 12.8. The number of halogens is 1. The second-order valence-electron chi connectivity index (χ2n) is 6.40. The highest BCUT2D eigenvalue weighted by Gasteiger charge is 2.25. The fourth-order valence-corrected chi connectivity index (χ4v) is 3.12. The minimum Gasteiger partial charge on any atom is -0.497 e.